The number of hydrogen-bond donors (Lipinski definition) is 1. The zero-order chi connectivity index (χ0) is 12.6. The predicted octanol–water partition coefficient (Wildman–Crippen LogP) is 1.25. The van der Waals surface area contributed by atoms with Crippen molar-refractivity contribution < 1.29 is 9.13 Å². The second kappa shape index (κ2) is 4.10. The number of nitrogens with zero attached hydrogens (tertiary/aromatic N) is 2. The molecule has 0 saturated carbocycles. The Bertz CT molecular complexity index is 476. The van der Waals surface area contributed by atoms with Crippen molar-refractivity contribution in [3.05, 3.63) is 22.7 Å². The molecule has 1 aromatic rings. The van der Waals surface area contributed by atoms with Gasteiger partial charge in [0.05, 0.1) is 5.60 Å². The molecule has 94 valence electrons. The maximum atomic E-state index is 13.9. The van der Waals surface area contributed by atoms with Crippen LogP contribution in [0.1, 0.15) is 32.9 Å². The monoisotopic (exact) mass is 241 g/mol. The fourth-order valence-corrected chi connectivity index (χ4v) is 2.01. The Kier molecular flexibility index (Phi) is 2.91. The molecule has 1 aliphatic rings. The van der Waals surface area contributed by atoms with Gasteiger partial charge in [0, 0.05) is 12.6 Å². The van der Waals surface area contributed by atoms with Crippen LogP contribution >= 0.6 is 0 Å². The summed E-state index contributed by atoms with van der Waals surface area (Å²) in [5, 5.41) is 0. The van der Waals surface area contributed by atoms with Gasteiger partial charge in [0.15, 0.2) is 6.23 Å². The summed E-state index contributed by atoms with van der Waals surface area (Å²) in [5.41, 5.74) is 4.27. The van der Waals surface area contributed by atoms with Crippen LogP contribution in [0, 0.1) is 0 Å². The van der Waals surface area contributed by atoms with E-state index in [1.165, 1.54) is 12.3 Å². The summed E-state index contributed by atoms with van der Waals surface area (Å²) in [4.78, 5) is 15.2. The Morgan fingerprint density at radius 2 is 2.47 bits per heavy atom. The molecule has 1 saturated heterocycles. The molecule has 6 heteroatoms. The molecule has 0 amide bonds. The maximum absolute atomic E-state index is 13.9. The SMILES string of the molecule is CC[C@]1(C)C[C@@H](F)[C@H](n2ccc(N)nc2=O)O1. The third-order valence-electron chi connectivity index (χ3n) is 3.22. The number of anilines is 1. The summed E-state index contributed by atoms with van der Waals surface area (Å²) in [7, 11) is 0. The number of nitrogens with two attached hydrogens (primary N) is 1. The van der Waals surface area contributed by atoms with Crippen molar-refractivity contribution in [3.8, 4) is 0 Å². The molecule has 2 heterocycles. The van der Waals surface area contributed by atoms with Crippen LogP contribution in [0.3, 0.4) is 0 Å². The summed E-state index contributed by atoms with van der Waals surface area (Å²) in [6.45, 7) is 3.77. The van der Waals surface area contributed by atoms with E-state index in [1.807, 2.05) is 13.8 Å². The first-order valence-corrected chi connectivity index (χ1v) is 5.62. The number of halogens is 1. The molecule has 0 aromatic carbocycles. The van der Waals surface area contributed by atoms with E-state index in [0.29, 0.717) is 6.42 Å². The van der Waals surface area contributed by atoms with Crippen molar-refractivity contribution in [1.29, 1.82) is 0 Å². The van der Waals surface area contributed by atoms with Gasteiger partial charge in [-0.2, -0.15) is 4.98 Å². The van der Waals surface area contributed by atoms with E-state index in [4.69, 9.17) is 10.5 Å². The lowest BCUT2D eigenvalue weighted by Crippen LogP contribution is -2.31. The van der Waals surface area contributed by atoms with Gasteiger partial charge >= 0.3 is 5.69 Å². The largest absolute Gasteiger partial charge is 0.383 e. The van der Waals surface area contributed by atoms with E-state index < -0.39 is 23.7 Å². The lowest BCUT2D eigenvalue weighted by atomic mass is 9.99. The quantitative estimate of drug-likeness (QED) is 0.846. The first-order valence-electron chi connectivity index (χ1n) is 5.62. The van der Waals surface area contributed by atoms with E-state index >= 15 is 0 Å². The topological polar surface area (TPSA) is 70.1 Å². The molecule has 0 bridgehead atoms. The second-order valence-electron chi connectivity index (χ2n) is 4.57. The van der Waals surface area contributed by atoms with E-state index in [2.05, 4.69) is 4.98 Å². The highest BCUT2D eigenvalue weighted by Gasteiger charge is 2.43. The molecule has 2 N–H and O–H groups in total. The molecule has 17 heavy (non-hydrogen) atoms. The number of aromatic nitrogens is 2. The third-order valence-corrected chi connectivity index (χ3v) is 3.22. The van der Waals surface area contributed by atoms with Crippen molar-refractivity contribution in [2.75, 3.05) is 5.73 Å². The Labute approximate surface area is 98.4 Å². The van der Waals surface area contributed by atoms with Crippen molar-refractivity contribution in [2.24, 2.45) is 0 Å². The van der Waals surface area contributed by atoms with Crippen molar-refractivity contribution in [2.45, 2.75) is 44.7 Å². The molecule has 5 nitrogen and oxygen atoms in total. The second-order valence-corrected chi connectivity index (χ2v) is 4.57. The number of alkyl halides is 1. The molecule has 0 radical (unpaired) electrons. The highest BCUT2D eigenvalue weighted by atomic mass is 19.1. The van der Waals surface area contributed by atoms with Gasteiger partial charge in [-0.3, -0.25) is 4.57 Å². The fourth-order valence-electron chi connectivity index (χ4n) is 2.01. The molecule has 0 aliphatic carbocycles. The van der Waals surface area contributed by atoms with Gasteiger partial charge < -0.3 is 10.5 Å². The van der Waals surface area contributed by atoms with E-state index in [0.717, 1.165) is 4.57 Å². The van der Waals surface area contributed by atoms with Crippen LogP contribution in [0.4, 0.5) is 10.2 Å². The van der Waals surface area contributed by atoms with Gasteiger partial charge in [0.2, 0.25) is 0 Å². The number of rotatable bonds is 2. The predicted molar refractivity (Wildman–Crippen MR) is 61.2 cm³/mol. The summed E-state index contributed by atoms with van der Waals surface area (Å²) in [6, 6.07) is 1.46. The lowest BCUT2D eigenvalue weighted by Gasteiger charge is -2.22. The van der Waals surface area contributed by atoms with E-state index in [9.17, 15) is 9.18 Å². The van der Waals surface area contributed by atoms with Crippen molar-refractivity contribution in [3.63, 3.8) is 0 Å². The van der Waals surface area contributed by atoms with Crippen molar-refractivity contribution in [1.82, 2.24) is 9.55 Å². The zero-order valence-electron chi connectivity index (χ0n) is 9.89. The minimum atomic E-state index is -1.21. The number of ether oxygens (including phenoxy) is 1. The smallest absolute Gasteiger partial charge is 0.351 e. The zero-order valence-corrected chi connectivity index (χ0v) is 9.89. The highest BCUT2D eigenvalue weighted by molar-refractivity contribution is 5.23. The average Bonchev–Trinajstić information content (AvgIpc) is 2.55. The Hall–Kier alpha value is -1.43. The number of hydrogen-bond acceptors (Lipinski definition) is 4. The third kappa shape index (κ3) is 2.17. The van der Waals surface area contributed by atoms with Crippen LogP contribution in [0.2, 0.25) is 0 Å². The Morgan fingerprint density at radius 3 is 3.00 bits per heavy atom. The van der Waals surface area contributed by atoms with Crippen LogP contribution in [0.25, 0.3) is 0 Å². The molecule has 0 spiro atoms. The van der Waals surface area contributed by atoms with Gasteiger partial charge in [-0.1, -0.05) is 6.92 Å². The first-order chi connectivity index (χ1) is 7.95. The molecule has 3 atom stereocenters. The van der Waals surface area contributed by atoms with Crippen LogP contribution < -0.4 is 11.4 Å². The minimum absolute atomic E-state index is 0.123. The molecular weight excluding hydrogens is 225 g/mol. The molecule has 0 unspecified atom stereocenters. The summed E-state index contributed by atoms with van der Waals surface area (Å²) in [5.74, 6) is 0.123. The van der Waals surface area contributed by atoms with Crippen LogP contribution in [0.15, 0.2) is 17.1 Å². The van der Waals surface area contributed by atoms with Gasteiger partial charge in [-0.05, 0) is 19.4 Å². The standard InChI is InChI=1S/C11H16FN3O2/c1-3-11(2)6-7(12)9(17-11)15-5-4-8(13)14-10(15)16/h4-5,7,9H,3,6H2,1-2H3,(H2,13,14,16)/t7-,9-,11-/m1/s1. The van der Waals surface area contributed by atoms with Gasteiger partial charge in [-0.25, -0.2) is 9.18 Å². The Balaban J connectivity index is 2.32. The molecule has 2 rings (SSSR count). The van der Waals surface area contributed by atoms with Crippen LogP contribution in [-0.4, -0.2) is 21.3 Å². The van der Waals surface area contributed by atoms with Crippen LogP contribution in [0.5, 0.6) is 0 Å². The highest BCUT2D eigenvalue weighted by Crippen LogP contribution is 2.39. The van der Waals surface area contributed by atoms with Crippen LogP contribution in [-0.2, 0) is 4.74 Å². The summed E-state index contributed by atoms with van der Waals surface area (Å²) >= 11 is 0. The summed E-state index contributed by atoms with van der Waals surface area (Å²) in [6.07, 6.45) is 0.290. The maximum Gasteiger partial charge on any atom is 0.351 e. The Morgan fingerprint density at radius 1 is 1.76 bits per heavy atom. The molecule has 1 aromatic heterocycles. The molecule has 1 fully saturated rings. The molecule has 1 aliphatic heterocycles. The first kappa shape index (κ1) is 12.0. The van der Waals surface area contributed by atoms with Gasteiger partial charge in [-0.15, -0.1) is 0 Å². The van der Waals surface area contributed by atoms with E-state index in [-0.39, 0.29) is 12.2 Å². The van der Waals surface area contributed by atoms with Gasteiger partial charge in [0.25, 0.3) is 0 Å². The lowest BCUT2D eigenvalue weighted by molar-refractivity contribution is -0.0746. The average molecular weight is 241 g/mol. The van der Waals surface area contributed by atoms with Crippen molar-refractivity contribution >= 4 is 5.82 Å². The van der Waals surface area contributed by atoms with E-state index in [1.54, 1.807) is 0 Å². The minimum Gasteiger partial charge on any atom is -0.383 e. The van der Waals surface area contributed by atoms with Gasteiger partial charge in [0.1, 0.15) is 12.0 Å². The molecular formula is C11H16FN3O2. The normalized spacial score (nSPS) is 32.9. The summed E-state index contributed by atoms with van der Waals surface area (Å²) < 4.78 is 20.7. The number of nitrogen functional groups attached to an aromatic ring is 1. The fraction of sp³-hybridized carbons (Fsp3) is 0.636.